The molecule has 11 heteroatoms. The standard InChI is InChI=1S/C35H31F3N4O4/c36-35(37,38)24-12-3-20(4-13-24)5-14-27-28(41-33(44)23-10-11-23)18-26-31(40-27)30-16-15-29(42(30)34(26)45)21-6-8-22(9-7-21)32(43)39-19-25-2-1-17-46-25/h1-4,6-9,12-13,17-18,23,29,45H,5,10-11,14-16,19H2,(H,39,43)(H,41,44). The summed E-state index contributed by atoms with van der Waals surface area (Å²) in [4.78, 5) is 30.3. The average molecular weight is 629 g/mol. The molecule has 3 aromatic heterocycles. The highest BCUT2D eigenvalue weighted by molar-refractivity contribution is 5.98. The molecule has 2 aromatic carbocycles. The van der Waals surface area contributed by atoms with Crippen molar-refractivity contribution in [3.05, 3.63) is 112 Å². The molecule has 1 saturated carbocycles. The van der Waals surface area contributed by atoms with E-state index >= 15 is 0 Å². The van der Waals surface area contributed by atoms with Gasteiger partial charge in [0.1, 0.15) is 5.76 Å². The Hall–Kier alpha value is -5.06. The zero-order valence-electron chi connectivity index (χ0n) is 24.7. The van der Waals surface area contributed by atoms with Gasteiger partial charge in [-0.2, -0.15) is 13.2 Å². The van der Waals surface area contributed by atoms with E-state index in [4.69, 9.17) is 9.40 Å². The van der Waals surface area contributed by atoms with Gasteiger partial charge in [0, 0.05) is 17.2 Å². The van der Waals surface area contributed by atoms with Crippen LogP contribution in [0.2, 0.25) is 0 Å². The Labute approximate surface area is 262 Å². The van der Waals surface area contributed by atoms with Crippen molar-refractivity contribution in [2.75, 3.05) is 5.32 Å². The number of hydrogen-bond donors (Lipinski definition) is 3. The number of amides is 2. The summed E-state index contributed by atoms with van der Waals surface area (Å²) < 4.78 is 46.3. The SMILES string of the molecule is O=C(NCc1ccco1)c1ccc(C2CCc3c4nc(CCc5ccc(C(F)(F)F)cc5)c(NC(=O)C5CC5)cc4c(O)n32)cc1. The topological polar surface area (TPSA) is 109 Å². The van der Waals surface area contributed by atoms with Crippen molar-refractivity contribution in [2.45, 2.75) is 57.3 Å². The summed E-state index contributed by atoms with van der Waals surface area (Å²) in [5, 5.41) is 17.8. The van der Waals surface area contributed by atoms with Gasteiger partial charge in [-0.1, -0.05) is 24.3 Å². The molecule has 1 unspecified atom stereocenters. The van der Waals surface area contributed by atoms with E-state index in [0.717, 1.165) is 48.2 Å². The van der Waals surface area contributed by atoms with Gasteiger partial charge in [-0.25, -0.2) is 4.98 Å². The largest absolute Gasteiger partial charge is 0.494 e. The highest BCUT2D eigenvalue weighted by atomic mass is 19.4. The lowest BCUT2D eigenvalue weighted by Crippen LogP contribution is -2.22. The molecule has 1 atom stereocenters. The van der Waals surface area contributed by atoms with Gasteiger partial charge >= 0.3 is 6.18 Å². The van der Waals surface area contributed by atoms with Crippen LogP contribution in [0.3, 0.4) is 0 Å². The molecule has 0 radical (unpaired) electrons. The Kier molecular flexibility index (Phi) is 7.54. The zero-order valence-corrected chi connectivity index (χ0v) is 24.7. The maximum absolute atomic E-state index is 13.0. The van der Waals surface area contributed by atoms with Crippen molar-refractivity contribution >= 4 is 28.4 Å². The second-order valence-corrected chi connectivity index (χ2v) is 11.9. The molecule has 1 aliphatic carbocycles. The lowest BCUT2D eigenvalue weighted by molar-refractivity contribution is -0.137. The highest BCUT2D eigenvalue weighted by Gasteiger charge is 2.33. The van der Waals surface area contributed by atoms with Gasteiger partial charge in [0.25, 0.3) is 5.91 Å². The van der Waals surface area contributed by atoms with Crippen LogP contribution in [-0.4, -0.2) is 26.5 Å². The van der Waals surface area contributed by atoms with Crippen LogP contribution < -0.4 is 10.6 Å². The molecule has 4 heterocycles. The second kappa shape index (κ2) is 11.7. The number of aromatic hydroxyl groups is 1. The van der Waals surface area contributed by atoms with E-state index in [0.29, 0.717) is 52.9 Å². The van der Waals surface area contributed by atoms with Crippen LogP contribution in [0.25, 0.3) is 10.9 Å². The summed E-state index contributed by atoms with van der Waals surface area (Å²) in [6.45, 7) is 0.284. The first-order valence-corrected chi connectivity index (χ1v) is 15.3. The van der Waals surface area contributed by atoms with Crippen LogP contribution in [0.4, 0.5) is 18.9 Å². The van der Waals surface area contributed by atoms with E-state index in [1.165, 1.54) is 12.1 Å². The first kappa shape index (κ1) is 29.6. The fraction of sp³-hybridized carbons (Fsp3) is 0.286. The summed E-state index contributed by atoms with van der Waals surface area (Å²) in [5.41, 5.74) is 4.07. The number of carbonyl (C=O) groups excluding carboxylic acids is 2. The van der Waals surface area contributed by atoms with Crippen LogP contribution in [0, 0.1) is 5.92 Å². The van der Waals surface area contributed by atoms with Gasteiger partial charge in [-0.05, 0) is 92.1 Å². The number of rotatable bonds is 9. The van der Waals surface area contributed by atoms with Crippen LogP contribution in [0.15, 0.2) is 77.4 Å². The van der Waals surface area contributed by atoms with E-state index in [2.05, 4.69) is 10.6 Å². The number of furan rings is 1. The number of anilines is 1. The number of pyridine rings is 1. The number of nitrogens with zero attached hydrogens (tertiary/aromatic N) is 2. The molecule has 1 aliphatic heterocycles. The molecule has 8 nitrogen and oxygen atoms in total. The predicted molar refractivity (Wildman–Crippen MR) is 164 cm³/mol. The van der Waals surface area contributed by atoms with Gasteiger partial charge < -0.3 is 24.7 Å². The average Bonchev–Trinajstić information content (AvgIpc) is 3.49. The van der Waals surface area contributed by atoms with Crippen LogP contribution in [-0.2, 0) is 36.8 Å². The minimum absolute atomic E-state index is 0.0503. The molecule has 236 valence electrons. The predicted octanol–water partition coefficient (Wildman–Crippen LogP) is 6.95. The van der Waals surface area contributed by atoms with Gasteiger partial charge in [-0.3, -0.25) is 9.59 Å². The first-order valence-electron chi connectivity index (χ1n) is 15.3. The fourth-order valence-corrected chi connectivity index (χ4v) is 6.15. The van der Waals surface area contributed by atoms with Gasteiger partial charge in [0.15, 0.2) is 0 Å². The fourth-order valence-electron chi connectivity index (χ4n) is 6.15. The normalized spacial score (nSPS) is 16.0. The van der Waals surface area contributed by atoms with E-state index in [1.54, 1.807) is 36.6 Å². The molecular formula is C35H31F3N4O4. The molecule has 2 aliphatic rings. The third-order valence-electron chi connectivity index (χ3n) is 8.80. The van der Waals surface area contributed by atoms with Crippen LogP contribution >= 0.6 is 0 Å². The number of halogens is 3. The monoisotopic (exact) mass is 628 g/mol. The molecule has 46 heavy (non-hydrogen) atoms. The van der Waals surface area contributed by atoms with Gasteiger partial charge in [-0.15, -0.1) is 0 Å². The summed E-state index contributed by atoms with van der Waals surface area (Å²) >= 11 is 0. The van der Waals surface area contributed by atoms with Crippen molar-refractivity contribution in [1.29, 1.82) is 0 Å². The number of aryl methyl sites for hydroxylation is 3. The molecule has 2 amide bonds. The second-order valence-electron chi connectivity index (χ2n) is 11.9. The van der Waals surface area contributed by atoms with E-state index in [1.807, 2.05) is 16.7 Å². The number of hydrogen-bond acceptors (Lipinski definition) is 5. The van der Waals surface area contributed by atoms with Crippen molar-refractivity contribution < 1.29 is 32.3 Å². The Morgan fingerprint density at radius 2 is 1.76 bits per heavy atom. The first-order chi connectivity index (χ1) is 22.2. The Bertz CT molecular complexity index is 1910. The summed E-state index contributed by atoms with van der Waals surface area (Å²) in [7, 11) is 0. The Morgan fingerprint density at radius 1 is 1.00 bits per heavy atom. The van der Waals surface area contributed by atoms with Crippen LogP contribution in [0.5, 0.6) is 5.88 Å². The van der Waals surface area contributed by atoms with Crippen molar-refractivity contribution in [1.82, 2.24) is 14.9 Å². The lowest BCUT2D eigenvalue weighted by atomic mass is 10.0. The minimum atomic E-state index is -4.40. The minimum Gasteiger partial charge on any atom is -0.494 e. The third-order valence-corrected chi connectivity index (χ3v) is 8.80. The van der Waals surface area contributed by atoms with E-state index in [9.17, 15) is 27.9 Å². The van der Waals surface area contributed by atoms with Crippen LogP contribution in [0.1, 0.15) is 69.5 Å². The Morgan fingerprint density at radius 3 is 2.43 bits per heavy atom. The van der Waals surface area contributed by atoms with Crippen molar-refractivity contribution in [2.24, 2.45) is 5.92 Å². The smallest absolute Gasteiger partial charge is 0.416 e. The number of carbonyl (C=O) groups is 2. The maximum atomic E-state index is 13.0. The highest BCUT2D eigenvalue weighted by Crippen LogP contribution is 2.44. The number of benzene rings is 2. The summed E-state index contributed by atoms with van der Waals surface area (Å²) in [6.07, 6.45) is 0.989. The maximum Gasteiger partial charge on any atom is 0.416 e. The van der Waals surface area contributed by atoms with Crippen molar-refractivity contribution in [3.63, 3.8) is 0 Å². The summed E-state index contributed by atoms with van der Waals surface area (Å²) in [5.74, 6) is 0.333. The molecule has 1 fully saturated rings. The molecule has 0 saturated heterocycles. The number of alkyl halides is 3. The zero-order chi connectivity index (χ0) is 32.0. The van der Waals surface area contributed by atoms with Crippen molar-refractivity contribution in [3.8, 4) is 5.88 Å². The molecule has 0 bridgehead atoms. The molecule has 5 aromatic rings. The quantitative estimate of drug-likeness (QED) is 0.164. The Balaban J connectivity index is 1.15. The van der Waals surface area contributed by atoms with Gasteiger partial charge in [0.2, 0.25) is 11.8 Å². The summed E-state index contributed by atoms with van der Waals surface area (Å²) in [6, 6.07) is 17.5. The van der Waals surface area contributed by atoms with E-state index < -0.39 is 11.7 Å². The third kappa shape index (κ3) is 5.84. The van der Waals surface area contributed by atoms with E-state index in [-0.39, 0.29) is 36.2 Å². The molecule has 7 rings (SSSR count). The molecule has 0 spiro atoms. The lowest BCUT2D eigenvalue weighted by Gasteiger charge is -2.16. The number of fused-ring (bicyclic) bond motifs is 3. The molecular weight excluding hydrogens is 597 g/mol. The molecule has 3 N–H and O–H groups in total. The number of nitrogens with one attached hydrogen (secondary N) is 2. The number of aromatic nitrogens is 2. The van der Waals surface area contributed by atoms with Gasteiger partial charge in [0.05, 0.1) is 46.7 Å².